The molecule has 0 saturated heterocycles. The number of carbonyl (C=O) groups is 1. The Balaban J connectivity index is 2.58. The number of nitrogens with one attached hydrogen (secondary N) is 2. The molecule has 0 fully saturated rings. The van der Waals surface area contributed by atoms with Crippen LogP contribution in [-0.4, -0.2) is 25.7 Å². The molecule has 0 bridgehead atoms. The molecule has 0 radical (unpaired) electrons. The van der Waals surface area contributed by atoms with E-state index in [0.29, 0.717) is 13.2 Å². The summed E-state index contributed by atoms with van der Waals surface area (Å²) in [6, 6.07) is 7.97. The summed E-state index contributed by atoms with van der Waals surface area (Å²) >= 11 is 0. The summed E-state index contributed by atoms with van der Waals surface area (Å²) in [4.78, 5) is 12.5. The van der Waals surface area contributed by atoms with E-state index < -0.39 is 0 Å². The number of rotatable bonds is 12. The van der Waals surface area contributed by atoms with Crippen LogP contribution in [0.2, 0.25) is 0 Å². The maximum atomic E-state index is 12.5. The van der Waals surface area contributed by atoms with Crippen LogP contribution in [0, 0.1) is 11.3 Å². The second kappa shape index (κ2) is 13.0. The fourth-order valence-electron chi connectivity index (χ4n) is 2.53. The van der Waals surface area contributed by atoms with Crippen LogP contribution < -0.4 is 10.6 Å². The van der Waals surface area contributed by atoms with E-state index in [1.807, 2.05) is 24.3 Å². The van der Waals surface area contributed by atoms with Crippen LogP contribution in [-0.2, 0) is 22.4 Å². The average Bonchev–Trinajstić information content (AvgIpc) is 2.66. The summed E-state index contributed by atoms with van der Waals surface area (Å²) in [7, 11) is 0. The van der Waals surface area contributed by atoms with Crippen LogP contribution in [0.4, 0.5) is 5.69 Å². The minimum atomic E-state index is -0.380. The Bertz CT molecular complexity index is 610. The summed E-state index contributed by atoms with van der Waals surface area (Å²) in [6.45, 7) is 8.36. The van der Waals surface area contributed by atoms with E-state index in [9.17, 15) is 10.1 Å². The van der Waals surface area contributed by atoms with Gasteiger partial charge in [0.25, 0.3) is 5.91 Å². The molecule has 0 heterocycles. The molecule has 0 atom stereocenters. The van der Waals surface area contributed by atoms with Crippen molar-refractivity contribution < 1.29 is 9.53 Å². The van der Waals surface area contributed by atoms with Crippen molar-refractivity contribution in [2.24, 2.45) is 0 Å². The molecule has 5 nitrogen and oxygen atoms in total. The van der Waals surface area contributed by atoms with Gasteiger partial charge in [0.2, 0.25) is 0 Å². The van der Waals surface area contributed by atoms with E-state index >= 15 is 0 Å². The summed E-state index contributed by atoms with van der Waals surface area (Å²) < 4.78 is 5.48. The molecule has 0 aromatic heterocycles. The van der Waals surface area contributed by atoms with E-state index in [1.54, 1.807) is 0 Å². The fraction of sp³-hybridized carbons (Fsp3) is 0.524. The van der Waals surface area contributed by atoms with Crippen molar-refractivity contribution >= 4 is 11.6 Å². The number of amides is 1. The van der Waals surface area contributed by atoms with Gasteiger partial charge in [-0.05, 0) is 36.8 Å². The van der Waals surface area contributed by atoms with E-state index in [-0.39, 0.29) is 11.5 Å². The quantitative estimate of drug-likeness (QED) is 0.337. The van der Waals surface area contributed by atoms with Crippen molar-refractivity contribution in [1.82, 2.24) is 5.32 Å². The van der Waals surface area contributed by atoms with E-state index in [2.05, 4.69) is 31.4 Å². The minimum absolute atomic E-state index is 0.0739. The van der Waals surface area contributed by atoms with E-state index in [0.717, 1.165) is 55.5 Å². The number of benzene rings is 1. The third kappa shape index (κ3) is 7.28. The minimum Gasteiger partial charge on any atom is -0.390 e. The van der Waals surface area contributed by atoms with Crippen LogP contribution in [0.3, 0.4) is 0 Å². The molecule has 0 unspecified atom stereocenters. The number of nitrogens with zero attached hydrogens (tertiary/aromatic N) is 1. The zero-order chi connectivity index (χ0) is 19.2. The summed E-state index contributed by atoms with van der Waals surface area (Å²) in [5.74, 6) is -0.380. The van der Waals surface area contributed by atoms with Gasteiger partial charge in [-0.1, -0.05) is 45.4 Å². The van der Waals surface area contributed by atoms with Gasteiger partial charge in [0.05, 0.1) is 0 Å². The molecule has 0 aliphatic rings. The number of unbranched alkanes of at least 4 members (excludes halogenated alkanes) is 1. The van der Waals surface area contributed by atoms with Crippen molar-refractivity contribution in [3.8, 4) is 6.07 Å². The van der Waals surface area contributed by atoms with Crippen LogP contribution in [0.15, 0.2) is 30.0 Å². The Labute approximate surface area is 157 Å². The Morgan fingerprint density at radius 1 is 1.15 bits per heavy atom. The third-order valence-corrected chi connectivity index (χ3v) is 4.10. The number of hydrogen-bond donors (Lipinski definition) is 2. The number of anilines is 1. The Hall–Kier alpha value is -2.32. The van der Waals surface area contributed by atoms with Crippen LogP contribution in [0.1, 0.15) is 51.2 Å². The smallest absolute Gasteiger partial charge is 0.267 e. The highest BCUT2D eigenvalue weighted by molar-refractivity contribution is 6.07. The number of carbonyl (C=O) groups excluding carboxylic acids is 1. The SMILES string of the molecule is CCCCOCCCN/C=C(/C#N)C(=O)Nc1c(CC)cccc1CC. The largest absolute Gasteiger partial charge is 0.390 e. The molecule has 2 N–H and O–H groups in total. The lowest BCUT2D eigenvalue weighted by molar-refractivity contribution is -0.112. The number of aryl methyl sites for hydroxylation is 2. The Morgan fingerprint density at radius 3 is 2.38 bits per heavy atom. The number of para-hydroxylation sites is 1. The Kier molecular flexibility index (Phi) is 10.8. The summed E-state index contributed by atoms with van der Waals surface area (Å²) in [5.41, 5.74) is 3.05. The predicted molar refractivity (Wildman–Crippen MR) is 106 cm³/mol. The van der Waals surface area contributed by atoms with E-state index in [4.69, 9.17) is 4.74 Å². The van der Waals surface area contributed by atoms with E-state index in [1.165, 1.54) is 6.20 Å². The number of hydrogen-bond acceptors (Lipinski definition) is 4. The van der Waals surface area contributed by atoms with Gasteiger partial charge in [0.1, 0.15) is 11.6 Å². The molecule has 1 rings (SSSR count). The topological polar surface area (TPSA) is 74.1 Å². The molecular weight excluding hydrogens is 326 g/mol. The number of ether oxygens (including phenoxy) is 1. The van der Waals surface area contributed by atoms with Gasteiger partial charge in [0, 0.05) is 31.6 Å². The predicted octanol–water partition coefficient (Wildman–Crippen LogP) is 3.95. The average molecular weight is 357 g/mol. The molecule has 5 heteroatoms. The van der Waals surface area contributed by atoms with Gasteiger partial charge in [0.15, 0.2) is 0 Å². The standard InChI is InChI=1S/C21H31N3O2/c1-4-7-13-26-14-9-12-23-16-19(15-22)21(25)24-20-17(5-2)10-8-11-18(20)6-3/h8,10-11,16,23H,4-7,9,12-14H2,1-3H3,(H,24,25)/b19-16-. The lowest BCUT2D eigenvalue weighted by Crippen LogP contribution is -2.19. The molecule has 0 aliphatic heterocycles. The highest BCUT2D eigenvalue weighted by atomic mass is 16.5. The fourth-order valence-corrected chi connectivity index (χ4v) is 2.53. The van der Waals surface area contributed by atoms with Crippen molar-refractivity contribution in [2.45, 2.75) is 52.9 Å². The van der Waals surface area contributed by atoms with Gasteiger partial charge in [-0.15, -0.1) is 0 Å². The van der Waals surface area contributed by atoms with Crippen LogP contribution in [0.25, 0.3) is 0 Å². The monoisotopic (exact) mass is 357 g/mol. The summed E-state index contributed by atoms with van der Waals surface area (Å²) in [5, 5.41) is 15.2. The first-order chi connectivity index (χ1) is 12.7. The van der Waals surface area contributed by atoms with Gasteiger partial charge in [-0.3, -0.25) is 4.79 Å². The summed E-state index contributed by atoms with van der Waals surface area (Å²) in [6.07, 6.45) is 6.17. The highest BCUT2D eigenvalue weighted by Crippen LogP contribution is 2.23. The second-order valence-corrected chi connectivity index (χ2v) is 6.06. The van der Waals surface area contributed by atoms with Crippen molar-refractivity contribution in [2.75, 3.05) is 25.1 Å². The molecule has 1 amide bonds. The van der Waals surface area contributed by atoms with Gasteiger partial charge in [-0.2, -0.15) is 5.26 Å². The molecule has 1 aromatic rings. The Morgan fingerprint density at radius 2 is 1.81 bits per heavy atom. The first-order valence-electron chi connectivity index (χ1n) is 9.51. The van der Waals surface area contributed by atoms with Gasteiger partial charge >= 0.3 is 0 Å². The van der Waals surface area contributed by atoms with Crippen LogP contribution in [0.5, 0.6) is 0 Å². The van der Waals surface area contributed by atoms with Crippen molar-refractivity contribution in [3.05, 3.63) is 41.1 Å². The zero-order valence-electron chi connectivity index (χ0n) is 16.2. The molecule has 0 saturated carbocycles. The number of nitriles is 1. The van der Waals surface area contributed by atoms with Gasteiger partial charge < -0.3 is 15.4 Å². The molecule has 142 valence electrons. The first kappa shape index (κ1) is 21.7. The maximum absolute atomic E-state index is 12.5. The third-order valence-electron chi connectivity index (χ3n) is 4.10. The van der Waals surface area contributed by atoms with Crippen molar-refractivity contribution in [1.29, 1.82) is 5.26 Å². The zero-order valence-corrected chi connectivity index (χ0v) is 16.2. The molecule has 1 aromatic carbocycles. The molecular formula is C21H31N3O2. The first-order valence-corrected chi connectivity index (χ1v) is 9.51. The lowest BCUT2D eigenvalue weighted by atomic mass is 10.0. The van der Waals surface area contributed by atoms with Gasteiger partial charge in [-0.25, -0.2) is 0 Å². The molecule has 0 spiro atoms. The normalized spacial score (nSPS) is 11.1. The molecule has 0 aliphatic carbocycles. The second-order valence-electron chi connectivity index (χ2n) is 6.06. The van der Waals surface area contributed by atoms with Crippen molar-refractivity contribution in [3.63, 3.8) is 0 Å². The lowest BCUT2D eigenvalue weighted by Gasteiger charge is -2.14. The molecule has 26 heavy (non-hydrogen) atoms. The maximum Gasteiger partial charge on any atom is 0.267 e. The van der Waals surface area contributed by atoms with Crippen LogP contribution >= 0.6 is 0 Å². The highest BCUT2D eigenvalue weighted by Gasteiger charge is 2.13.